The van der Waals surface area contributed by atoms with Crippen molar-refractivity contribution in [2.24, 2.45) is 14.1 Å². The van der Waals surface area contributed by atoms with Crippen molar-refractivity contribution in [3.05, 3.63) is 26.7 Å². The molecular weight excluding hydrogens is 344 g/mol. The van der Waals surface area contributed by atoms with Gasteiger partial charge in [0, 0.05) is 20.5 Å². The number of hydrogen-bond donors (Lipinski definition) is 1. The molecule has 0 unspecified atom stereocenters. The van der Waals surface area contributed by atoms with Crippen LogP contribution in [0.4, 0.5) is 0 Å². The van der Waals surface area contributed by atoms with Gasteiger partial charge in [0.25, 0.3) is 5.56 Å². The standard InChI is InChI=1S/C16H22N4O4S/c1-5-7-8-10-17-12-11(14(21)20(4)16(24)19(12)3)13(18-10)25-9(6-2)15(22)23/h9H,5-8H2,1-4H3,(H,22,23)/t9-/m0/s1. The van der Waals surface area contributed by atoms with E-state index >= 15 is 0 Å². The number of unbranched alkanes of at least 4 members (excludes halogenated alkanes) is 1. The highest BCUT2D eigenvalue weighted by Crippen LogP contribution is 2.28. The van der Waals surface area contributed by atoms with Gasteiger partial charge in [0.1, 0.15) is 21.5 Å². The quantitative estimate of drug-likeness (QED) is 0.582. The van der Waals surface area contributed by atoms with Crippen LogP contribution in [0.15, 0.2) is 14.6 Å². The fraction of sp³-hybridized carbons (Fsp3) is 0.562. The van der Waals surface area contributed by atoms with Crippen LogP contribution in [-0.4, -0.2) is 35.4 Å². The lowest BCUT2D eigenvalue weighted by Gasteiger charge is -2.14. The van der Waals surface area contributed by atoms with E-state index in [1.54, 1.807) is 14.0 Å². The average Bonchev–Trinajstić information content (AvgIpc) is 2.59. The number of hydrogen-bond acceptors (Lipinski definition) is 6. The van der Waals surface area contributed by atoms with Gasteiger partial charge in [-0.3, -0.25) is 18.7 Å². The Hall–Kier alpha value is -2.16. The molecule has 2 rings (SSSR count). The zero-order chi connectivity index (χ0) is 18.7. The number of aromatic nitrogens is 4. The van der Waals surface area contributed by atoms with Crippen LogP contribution in [0.25, 0.3) is 11.0 Å². The Morgan fingerprint density at radius 2 is 1.88 bits per heavy atom. The second kappa shape index (κ2) is 7.81. The number of fused-ring (bicyclic) bond motifs is 1. The van der Waals surface area contributed by atoms with Crippen molar-refractivity contribution in [3.63, 3.8) is 0 Å². The number of aliphatic carboxylic acids is 1. The maximum atomic E-state index is 12.6. The molecule has 0 amide bonds. The smallest absolute Gasteiger partial charge is 0.332 e. The van der Waals surface area contributed by atoms with Crippen LogP contribution in [0, 0.1) is 0 Å². The molecule has 0 radical (unpaired) electrons. The van der Waals surface area contributed by atoms with Gasteiger partial charge in [-0.05, 0) is 12.8 Å². The fourth-order valence-corrected chi connectivity index (χ4v) is 3.44. The molecule has 1 N–H and O–H groups in total. The maximum absolute atomic E-state index is 12.6. The molecule has 0 bridgehead atoms. The predicted octanol–water partition coefficient (Wildman–Crippen LogP) is 1.33. The SMILES string of the molecule is CCCCc1nc(S[C@@H](CC)C(=O)O)c2c(=O)n(C)c(=O)n(C)c2n1. The molecule has 0 aliphatic rings. The van der Waals surface area contributed by atoms with Gasteiger partial charge in [0.2, 0.25) is 0 Å². The van der Waals surface area contributed by atoms with Crippen molar-refractivity contribution >= 4 is 28.8 Å². The molecule has 25 heavy (non-hydrogen) atoms. The van der Waals surface area contributed by atoms with Crippen molar-refractivity contribution in [2.45, 2.75) is 49.8 Å². The summed E-state index contributed by atoms with van der Waals surface area (Å²) in [7, 11) is 2.93. The second-order valence-electron chi connectivity index (χ2n) is 5.81. The van der Waals surface area contributed by atoms with Gasteiger partial charge in [-0.25, -0.2) is 14.8 Å². The Bertz CT molecular complexity index is 919. The molecule has 2 heterocycles. The van der Waals surface area contributed by atoms with Gasteiger partial charge in [0.15, 0.2) is 5.65 Å². The first-order valence-corrected chi connectivity index (χ1v) is 9.05. The van der Waals surface area contributed by atoms with Gasteiger partial charge in [-0.2, -0.15) is 0 Å². The molecule has 2 aromatic heterocycles. The number of carboxylic acid groups (broad SMARTS) is 1. The minimum Gasteiger partial charge on any atom is -0.480 e. The van der Waals surface area contributed by atoms with E-state index in [9.17, 15) is 19.5 Å². The molecule has 136 valence electrons. The monoisotopic (exact) mass is 366 g/mol. The Labute approximate surface area is 148 Å². The lowest BCUT2D eigenvalue weighted by Crippen LogP contribution is -2.38. The van der Waals surface area contributed by atoms with Crippen molar-refractivity contribution in [2.75, 3.05) is 0 Å². The summed E-state index contributed by atoms with van der Waals surface area (Å²) < 4.78 is 2.29. The lowest BCUT2D eigenvalue weighted by atomic mass is 10.2. The molecule has 0 saturated heterocycles. The Morgan fingerprint density at radius 3 is 2.44 bits per heavy atom. The van der Waals surface area contributed by atoms with Crippen LogP contribution in [0.5, 0.6) is 0 Å². The number of carboxylic acids is 1. The first-order chi connectivity index (χ1) is 11.8. The van der Waals surface area contributed by atoms with Crippen molar-refractivity contribution < 1.29 is 9.90 Å². The number of nitrogens with zero attached hydrogens (tertiary/aromatic N) is 4. The van der Waals surface area contributed by atoms with E-state index in [0.717, 1.165) is 29.2 Å². The summed E-state index contributed by atoms with van der Waals surface area (Å²) in [5.41, 5.74) is -0.737. The van der Waals surface area contributed by atoms with Gasteiger partial charge in [-0.15, -0.1) is 0 Å². The fourth-order valence-electron chi connectivity index (χ4n) is 2.45. The van der Waals surface area contributed by atoms with Gasteiger partial charge < -0.3 is 5.11 Å². The zero-order valence-corrected chi connectivity index (χ0v) is 15.6. The van der Waals surface area contributed by atoms with Crippen LogP contribution < -0.4 is 11.2 Å². The minimum atomic E-state index is -0.962. The summed E-state index contributed by atoms with van der Waals surface area (Å²) in [4.78, 5) is 45.0. The van der Waals surface area contributed by atoms with Gasteiger partial charge in [0.05, 0.1) is 0 Å². The number of thioether (sulfide) groups is 1. The Kier molecular flexibility index (Phi) is 5.99. The van der Waals surface area contributed by atoms with E-state index in [0.29, 0.717) is 23.7 Å². The summed E-state index contributed by atoms with van der Waals surface area (Å²) in [5.74, 6) is -0.448. The maximum Gasteiger partial charge on any atom is 0.332 e. The van der Waals surface area contributed by atoms with Crippen LogP contribution in [0.2, 0.25) is 0 Å². The first-order valence-electron chi connectivity index (χ1n) is 8.17. The molecule has 1 atom stereocenters. The van der Waals surface area contributed by atoms with Crippen molar-refractivity contribution in [1.82, 2.24) is 19.1 Å². The minimum absolute atomic E-state index is 0.189. The molecule has 0 spiro atoms. The number of carbonyl (C=O) groups is 1. The van der Waals surface area contributed by atoms with E-state index in [4.69, 9.17) is 0 Å². The first kappa shape index (κ1) is 19.2. The molecule has 0 aromatic carbocycles. The molecule has 0 aliphatic heterocycles. The largest absolute Gasteiger partial charge is 0.480 e. The average molecular weight is 366 g/mol. The van der Waals surface area contributed by atoms with E-state index in [2.05, 4.69) is 9.97 Å². The molecule has 0 saturated carbocycles. The summed E-state index contributed by atoms with van der Waals surface area (Å²) >= 11 is 1.03. The lowest BCUT2D eigenvalue weighted by molar-refractivity contribution is -0.136. The van der Waals surface area contributed by atoms with Gasteiger partial charge in [-0.1, -0.05) is 32.0 Å². The van der Waals surface area contributed by atoms with Gasteiger partial charge >= 0.3 is 11.7 Å². The molecule has 0 aliphatic carbocycles. The van der Waals surface area contributed by atoms with Crippen LogP contribution in [-0.2, 0) is 25.3 Å². The third kappa shape index (κ3) is 3.76. The van der Waals surface area contributed by atoms with Crippen molar-refractivity contribution in [1.29, 1.82) is 0 Å². The zero-order valence-electron chi connectivity index (χ0n) is 14.8. The molecular formula is C16H22N4O4S. The van der Waals surface area contributed by atoms with E-state index in [1.165, 1.54) is 11.6 Å². The summed E-state index contributed by atoms with van der Waals surface area (Å²) in [6, 6.07) is 0. The number of rotatable bonds is 7. The Morgan fingerprint density at radius 1 is 1.20 bits per heavy atom. The highest BCUT2D eigenvalue weighted by molar-refractivity contribution is 8.00. The third-order valence-electron chi connectivity index (χ3n) is 3.97. The number of aryl methyl sites for hydroxylation is 2. The van der Waals surface area contributed by atoms with Crippen LogP contribution in [0.1, 0.15) is 38.9 Å². The normalized spacial score (nSPS) is 12.5. The summed E-state index contributed by atoms with van der Waals surface area (Å²) in [6.07, 6.45) is 2.81. The topological polar surface area (TPSA) is 107 Å². The molecule has 9 heteroatoms. The molecule has 2 aromatic rings. The summed E-state index contributed by atoms with van der Waals surface area (Å²) in [6.45, 7) is 3.81. The summed E-state index contributed by atoms with van der Waals surface area (Å²) in [5, 5.41) is 9.12. The highest BCUT2D eigenvalue weighted by Gasteiger charge is 2.23. The van der Waals surface area contributed by atoms with E-state index in [1.807, 2.05) is 6.92 Å². The molecule has 8 nitrogen and oxygen atoms in total. The molecule has 0 fully saturated rings. The van der Waals surface area contributed by atoms with Crippen molar-refractivity contribution in [3.8, 4) is 0 Å². The second-order valence-corrected chi connectivity index (χ2v) is 7.00. The third-order valence-corrected chi connectivity index (χ3v) is 5.31. The van der Waals surface area contributed by atoms with Crippen LogP contribution >= 0.6 is 11.8 Å². The Balaban J connectivity index is 2.77. The van der Waals surface area contributed by atoms with E-state index < -0.39 is 22.5 Å². The highest BCUT2D eigenvalue weighted by atomic mass is 32.2. The van der Waals surface area contributed by atoms with E-state index in [-0.39, 0.29) is 11.0 Å². The van der Waals surface area contributed by atoms with Crippen LogP contribution in [0.3, 0.4) is 0 Å². The predicted molar refractivity (Wildman–Crippen MR) is 96.2 cm³/mol.